The van der Waals surface area contributed by atoms with E-state index in [2.05, 4.69) is 9.71 Å². The number of thiazole rings is 1. The molecule has 1 fully saturated rings. The molecule has 1 N–H and O–H groups in total. The van der Waals surface area contributed by atoms with Crippen molar-refractivity contribution in [2.45, 2.75) is 39.2 Å². The molecule has 0 aromatic carbocycles. The molecule has 0 radical (unpaired) electrons. The van der Waals surface area contributed by atoms with Gasteiger partial charge in [-0.05, 0) is 32.1 Å². The number of anilines is 1. The lowest BCUT2D eigenvalue weighted by molar-refractivity contribution is 0.103. The summed E-state index contributed by atoms with van der Waals surface area (Å²) in [6, 6.07) is 0. The van der Waals surface area contributed by atoms with E-state index in [1.807, 2.05) is 13.8 Å². The van der Waals surface area contributed by atoms with Crippen LogP contribution in [0.15, 0.2) is 0 Å². The third-order valence-corrected chi connectivity index (χ3v) is 5.91. The van der Waals surface area contributed by atoms with Gasteiger partial charge >= 0.3 is 0 Å². The Balaban J connectivity index is 2.03. The fourth-order valence-corrected chi connectivity index (χ4v) is 4.59. The molecular formula is C12H20N2O3S2. The van der Waals surface area contributed by atoms with Crippen LogP contribution in [0.3, 0.4) is 0 Å². The number of aromatic nitrogens is 1. The first-order chi connectivity index (χ1) is 8.95. The zero-order chi connectivity index (χ0) is 14.0. The maximum absolute atomic E-state index is 12.1. The van der Waals surface area contributed by atoms with Crippen LogP contribution >= 0.6 is 11.3 Å². The van der Waals surface area contributed by atoms with E-state index in [0.29, 0.717) is 11.0 Å². The highest BCUT2D eigenvalue weighted by Crippen LogP contribution is 2.35. The average Bonchev–Trinajstić information content (AvgIpc) is 3.11. The molecule has 5 nitrogen and oxygen atoms in total. The van der Waals surface area contributed by atoms with Crippen LogP contribution in [-0.4, -0.2) is 32.4 Å². The minimum Gasteiger partial charge on any atom is -0.380 e. The lowest BCUT2D eigenvalue weighted by Gasteiger charge is -2.14. The van der Waals surface area contributed by atoms with Gasteiger partial charge in [0.15, 0.2) is 5.13 Å². The standard InChI is InChI=1S/C12H20N2O3S2/c1-4-11-8(2)13-12(18-11)14-19(15,16)7-10(17-3)9-5-6-9/h9-10H,4-7H2,1-3H3,(H,13,14). The Hall–Kier alpha value is -0.660. The number of aryl methyl sites for hydroxylation is 2. The second kappa shape index (κ2) is 5.76. The predicted molar refractivity (Wildman–Crippen MR) is 77.2 cm³/mol. The Morgan fingerprint density at radius 2 is 2.21 bits per heavy atom. The van der Waals surface area contributed by atoms with Crippen LogP contribution in [0, 0.1) is 12.8 Å². The van der Waals surface area contributed by atoms with Gasteiger partial charge in [0.2, 0.25) is 10.0 Å². The molecule has 108 valence electrons. The molecule has 0 amide bonds. The summed E-state index contributed by atoms with van der Waals surface area (Å²) in [7, 11) is -1.82. The van der Waals surface area contributed by atoms with Crippen molar-refractivity contribution < 1.29 is 13.2 Å². The van der Waals surface area contributed by atoms with Crippen molar-refractivity contribution in [1.29, 1.82) is 0 Å². The van der Waals surface area contributed by atoms with E-state index in [1.54, 1.807) is 7.11 Å². The molecule has 1 heterocycles. The molecule has 0 saturated heterocycles. The number of hydrogen-bond donors (Lipinski definition) is 1. The molecule has 7 heteroatoms. The SMILES string of the molecule is CCc1sc(NS(=O)(=O)CC(OC)C2CC2)nc1C. The summed E-state index contributed by atoms with van der Waals surface area (Å²) in [6.07, 6.45) is 2.78. The highest BCUT2D eigenvalue weighted by atomic mass is 32.2. The summed E-state index contributed by atoms with van der Waals surface area (Å²) >= 11 is 1.40. The molecule has 0 bridgehead atoms. The highest BCUT2D eigenvalue weighted by Gasteiger charge is 2.34. The van der Waals surface area contributed by atoms with E-state index in [9.17, 15) is 8.42 Å². The van der Waals surface area contributed by atoms with Crippen LogP contribution in [0.2, 0.25) is 0 Å². The molecule has 1 aromatic heterocycles. The second-order valence-corrected chi connectivity index (χ2v) is 7.73. The molecular weight excluding hydrogens is 284 g/mol. The lowest BCUT2D eigenvalue weighted by atomic mass is 10.3. The van der Waals surface area contributed by atoms with Gasteiger partial charge in [0.25, 0.3) is 0 Å². The highest BCUT2D eigenvalue weighted by molar-refractivity contribution is 7.92. The van der Waals surface area contributed by atoms with Crippen molar-refractivity contribution in [1.82, 2.24) is 4.98 Å². The third kappa shape index (κ3) is 3.90. The molecule has 19 heavy (non-hydrogen) atoms. The first-order valence-corrected chi connectivity index (χ1v) is 8.91. The molecule has 1 aromatic rings. The van der Waals surface area contributed by atoms with E-state index in [4.69, 9.17) is 4.74 Å². The number of ether oxygens (including phenoxy) is 1. The average molecular weight is 304 g/mol. The number of nitrogens with zero attached hydrogens (tertiary/aromatic N) is 1. The third-order valence-electron chi connectivity index (χ3n) is 3.29. The van der Waals surface area contributed by atoms with E-state index in [0.717, 1.165) is 29.8 Å². The minimum absolute atomic E-state index is 0.00819. The fourth-order valence-electron chi connectivity index (χ4n) is 2.06. The zero-order valence-corrected chi connectivity index (χ0v) is 13.1. The van der Waals surface area contributed by atoms with E-state index < -0.39 is 10.0 Å². The summed E-state index contributed by atoms with van der Waals surface area (Å²) in [5.74, 6) is 0.402. The Morgan fingerprint density at radius 1 is 1.53 bits per heavy atom. The van der Waals surface area contributed by atoms with Gasteiger partial charge in [-0.3, -0.25) is 4.72 Å². The summed E-state index contributed by atoms with van der Waals surface area (Å²) in [5.41, 5.74) is 0.899. The molecule has 2 rings (SSSR count). The topological polar surface area (TPSA) is 68.3 Å². The van der Waals surface area contributed by atoms with Crippen LogP contribution in [0.5, 0.6) is 0 Å². The number of rotatable bonds is 7. The van der Waals surface area contributed by atoms with Gasteiger partial charge in [0.05, 0.1) is 17.6 Å². The molecule has 1 atom stereocenters. The summed E-state index contributed by atoms with van der Waals surface area (Å²) in [5, 5.41) is 0.458. The number of sulfonamides is 1. The van der Waals surface area contributed by atoms with E-state index in [-0.39, 0.29) is 11.9 Å². The smallest absolute Gasteiger partial charge is 0.237 e. The maximum Gasteiger partial charge on any atom is 0.237 e. The quantitative estimate of drug-likeness (QED) is 0.838. The number of methoxy groups -OCH3 is 1. The van der Waals surface area contributed by atoms with Crippen molar-refractivity contribution in [3.63, 3.8) is 0 Å². The van der Waals surface area contributed by atoms with Gasteiger partial charge in [-0.1, -0.05) is 6.92 Å². The number of nitrogens with one attached hydrogen (secondary N) is 1. The second-order valence-electron chi connectivity index (χ2n) is 4.88. The summed E-state index contributed by atoms with van der Waals surface area (Å²) in [6.45, 7) is 3.93. The van der Waals surface area contributed by atoms with Crippen molar-refractivity contribution in [3.8, 4) is 0 Å². The monoisotopic (exact) mass is 304 g/mol. The Bertz CT molecular complexity index is 535. The Morgan fingerprint density at radius 3 is 2.68 bits per heavy atom. The van der Waals surface area contributed by atoms with Gasteiger partial charge < -0.3 is 4.74 Å². The molecule has 1 unspecified atom stereocenters. The van der Waals surface area contributed by atoms with Crippen LogP contribution < -0.4 is 4.72 Å². The van der Waals surface area contributed by atoms with Gasteiger partial charge in [0, 0.05) is 12.0 Å². The largest absolute Gasteiger partial charge is 0.380 e. The zero-order valence-electron chi connectivity index (χ0n) is 11.5. The Kier molecular flexibility index (Phi) is 4.47. The van der Waals surface area contributed by atoms with Crippen LogP contribution in [0.4, 0.5) is 5.13 Å². The first-order valence-electron chi connectivity index (χ1n) is 6.44. The molecule has 1 aliphatic carbocycles. The molecule has 1 aliphatic rings. The van der Waals surface area contributed by atoms with E-state index in [1.165, 1.54) is 11.3 Å². The molecule has 0 spiro atoms. The predicted octanol–water partition coefficient (Wildman–Crippen LogP) is 2.18. The van der Waals surface area contributed by atoms with Crippen molar-refractivity contribution >= 4 is 26.5 Å². The molecule has 0 aliphatic heterocycles. The van der Waals surface area contributed by atoms with Gasteiger partial charge in [0.1, 0.15) is 0 Å². The summed E-state index contributed by atoms with van der Waals surface area (Å²) in [4.78, 5) is 5.36. The van der Waals surface area contributed by atoms with Gasteiger partial charge in [-0.2, -0.15) is 0 Å². The fraction of sp³-hybridized carbons (Fsp3) is 0.750. The normalized spacial score (nSPS) is 17.4. The van der Waals surface area contributed by atoms with Crippen molar-refractivity contribution in [3.05, 3.63) is 10.6 Å². The van der Waals surface area contributed by atoms with Gasteiger partial charge in [-0.15, -0.1) is 11.3 Å². The van der Waals surface area contributed by atoms with Crippen LogP contribution in [0.1, 0.15) is 30.3 Å². The van der Waals surface area contributed by atoms with Crippen molar-refractivity contribution in [2.75, 3.05) is 17.6 Å². The molecule has 1 saturated carbocycles. The Labute approximate surface area is 118 Å². The minimum atomic E-state index is -3.39. The van der Waals surface area contributed by atoms with E-state index >= 15 is 0 Å². The van der Waals surface area contributed by atoms with Crippen LogP contribution in [0.25, 0.3) is 0 Å². The van der Waals surface area contributed by atoms with Crippen LogP contribution in [-0.2, 0) is 21.2 Å². The number of hydrogen-bond acceptors (Lipinski definition) is 5. The lowest BCUT2D eigenvalue weighted by Crippen LogP contribution is -2.29. The summed E-state index contributed by atoms with van der Waals surface area (Å²) < 4.78 is 32.0. The van der Waals surface area contributed by atoms with Gasteiger partial charge in [-0.25, -0.2) is 13.4 Å². The first kappa shape index (κ1) is 14.7. The van der Waals surface area contributed by atoms with Crippen molar-refractivity contribution in [2.24, 2.45) is 5.92 Å². The maximum atomic E-state index is 12.1.